The first-order valence-corrected chi connectivity index (χ1v) is 8.53. The van der Waals surface area contributed by atoms with Crippen molar-refractivity contribution in [3.8, 4) is 17.6 Å². The van der Waals surface area contributed by atoms with Crippen molar-refractivity contribution in [1.82, 2.24) is 4.90 Å². The number of likely N-dealkylation sites (tertiary alicyclic amines) is 1. The van der Waals surface area contributed by atoms with Crippen LogP contribution in [0.5, 0.6) is 11.5 Å². The number of hydrogen-bond acceptors (Lipinski definition) is 4. The smallest absolute Gasteiger partial charge is 0.321 e. The molecule has 1 atom stereocenters. The van der Waals surface area contributed by atoms with Crippen LogP contribution in [-0.2, 0) is 4.79 Å². The Balaban J connectivity index is 1.63. The Hall–Kier alpha value is -3.53. The van der Waals surface area contributed by atoms with Crippen LogP contribution in [0.4, 0.5) is 10.5 Å². The van der Waals surface area contributed by atoms with E-state index in [9.17, 15) is 9.59 Å². The van der Waals surface area contributed by atoms with Gasteiger partial charge in [0.2, 0.25) is 0 Å². The van der Waals surface area contributed by atoms with Crippen molar-refractivity contribution >= 4 is 17.7 Å². The van der Waals surface area contributed by atoms with Gasteiger partial charge < -0.3 is 20.1 Å². The fourth-order valence-electron chi connectivity index (χ4n) is 2.91. The molecule has 2 amide bonds. The molecule has 7 nitrogen and oxygen atoms in total. The standard InChI is InChI=1S/C20H19N3O4/c1-13-10-17(27-16-4-2-14(11-21)3-5-16)6-7-18(13)22-20(26)23-9-8-15(12-23)19(24)25/h2-7,10,15H,8-9,12H2,1H3,(H,22,26)(H,24,25). The fourth-order valence-corrected chi connectivity index (χ4v) is 2.91. The summed E-state index contributed by atoms with van der Waals surface area (Å²) in [4.78, 5) is 24.9. The van der Waals surface area contributed by atoms with Crippen molar-refractivity contribution in [2.75, 3.05) is 18.4 Å². The Morgan fingerprint density at radius 2 is 1.93 bits per heavy atom. The van der Waals surface area contributed by atoms with Gasteiger partial charge in [0.05, 0.1) is 17.6 Å². The van der Waals surface area contributed by atoms with Gasteiger partial charge in [0, 0.05) is 18.8 Å². The molecule has 0 spiro atoms. The minimum absolute atomic E-state index is 0.222. The Morgan fingerprint density at radius 1 is 1.22 bits per heavy atom. The van der Waals surface area contributed by atoms with Crippen LogP contribution in [0.1, 0.15) is 17.5 Å². The molecular formula is C20H19N3O4. The molecule has 27 heavy (non-hydrogen) atoms. The number of carbonyl (C=O) groups excluding carboxylic acids is 1. The van der Waals surface area contributed by atoms with Crippen LogP contribution >= 0.6 is 0 Å². The number of urea groups is 1. The summed E-state index contributed by atoms with van der Waals surface area (Å²) in [5.74, 6) is -0.143. The average Bonchev–Trinajstić information content (AvgIpc) is 3.15. The predicted octanol–water partition coefficient (Wildman–Crippen LogP) is 3.60. The summed E-state index contributed by atoms with van der Waals surface area (Å²) in [5, 5.41) is 20.7. The van der Waals surface area contributed by atoms with Crippen LogP contribution in [0.2, 0.25) is 0 Å². The van der Waals surface area contributed by atoms with Crippen LogP contribution in [0, 0.1) is 24.2 Å². The quantitative estimate of drug-likeness (QED) is 0.862. The van der Waals surface area contributed by atoms with E-state index in [4.69, 9.17) is 15.1 Å². The third-order valence-corrected chi connectivity index (χ3v) is 4.48. The van der Waals surface area contributed by atoms with Crippen LogP contribution < -0.4 is 10.1 Å². The molecule has 2 N–H and O–H groups in total. The SMILES string of the molecule is Cc1cc(Oc2ccc(C#N)cc2)ccc1NC(=O)N1CCC(C(=O)O)C1. The number of carboxylic acid groups (broad SMARTS) is 1. The summed E-state index contributed by atoms with van der Waals surface area (Å²) in [6.45, 7) is 2.51. The number of anilines is 1. The number of carbonyl (C=O) groups is 2. The maximum atomic E-state index is 12.3. The van der Waals surface area contributed by atoms with Gasteiger partial charge in [-0.05, 0) is 61.4 Å². The first-order chi connectivity index (χ1) is 13.0. The van der Waals surface area contributed by atoms with E-state index in [1.165, 1.54) is 4.90 Å². The van der Waals surface area contributed by atoms with Crippen molar-refractivity contribution < 1.29 is 19.4 Å². The minimum atomic E-state index is -0.870. The van der Waals surface area contributed by atoms with Crippen molar-refractivity contribution in [3.05, 3.63) is 53.6 Å². The molecule has 3 rings (SSSR count). The number of nitrogens with zero attached hydrogens (tertiary/aromatic N) is 2. The van der Waals surface area contributed by atoms with Gasteiger partial charge in [-0.3, -0.25) is 4.79 Å². The van der Waals surface area contributed by atoms with Crippen LogP contribution in [0.3, 0.4) is 0 Å². The van der Waals surface area contributed by atoms with Crippen LogP contribution in [0.15, 0.2) is 42.5 Å². The predicted molar refractivity (Wildman–Crippen MR) is 98.7 cm³/mol. The number of carboxylic acids is 1. The first-order valence-electron chi connectivity index (χ1n) is 8.53. The summed E-state index contributed by atoms with van der Waals surface area (Å²) < 4.78 is 5.76. The molecule has 0 aliphatic carbocycles. The lowest BCUT2D eigenvalue weighted by Crippen LogP contribution is -2.34. The number of aryl methyl sites for hydroxylation is 1. The number of nitriles is 1. The van der Waals surface area contributed by atoms with E-state index in [0.717, 1.165) is 5.56 Å². The molecule has 0 saturated carbocycles. The summed E-state index contributed by atoms with van der Waals surface area (Å²) in [7, 11) is 0. The van der Waals surface area contributed by atoms with E-state index in [1.807, 2.05) is 6.92 Å². The van der Waals surface area contributed by atoms with E-state index >= 15 is 0 Å². The first kappa shape index (κ1) is 18.3. The molecule has 1 saturated heterocycles. The second-order valence-corrected chi connectivity index (χ2v) is 6.41. The van der Waals surface area contributed by atoms with E-state index in [0.29, 0.717) is 35.7 Å². The van der Waals surface area contributed by atoms with E-state index < -0.39 is 11.9 Å². The highest BCUT2D eigenvalue weighted by Crippen LogP contribution is 2.27. The second-order valence-electron chi connectivity index (χ2n) is 6.41. The zero-order valence-corrected chi connectivity index (χ0v) is 14.8. The number of hydrogen-bond donors (Lipinski definition) is 2. The lowest BCUT2D eigenvalue weighted by Gasteiger charge is -2.18. The third-order valence-electron chi connectivity index (χ3n) is 4.48. The highest BCUT2D eigenvalue weighted by atomic mass is 16.5. The lowest BCUT2D eigenvalue weighted by atomic mass is 10.1. The number of ether oxygens (including phenoxy) is 1. The summed E-state index contributed by atoms with van der Waals surface area (Å²) in [5.41, 5.74) is 2.03. The maximum absolute atomic E-state index is 12.3. The fraction of sp³-hybridized carbons (Fsp3) is 0.250. The molecule has 2 aromatic rings. The Morgan fingerprint density at radius 3 is 2.52 bits per heavy atom. The van der Waals surface area contributed by atoms with Gasteiger partial charge in [0.15, 0.2) is 0 Å². The lowest BCUT2D eigenvalue weighted by molar-refractivity contribution is -0.141. The largest absolute Gasteiger partial charge is 0.481 e. The molecule has 1 heterocycles. The van der Waals surface area contributed by atoms with Gasteiger partial charge in [0.25, 0.3) is 0 Å². The van der Waals surface area contributed by atoms with Crippen molar-refractivity contribution in [2.45, 2.75) is 13.3 Å². The average molecular weight is 365 g/mol. The normalized spacial score (nSPS) is 15.9. The van der Waals surface area contributed by atoms with E-state index in [-0.39, 0.29) is 12.6 Å². The third kappa shape index (κ3) is 4.36. The Bertz CT molecular complexity index is 902. The molecule has 7 heteroatoms. The minimum Gasteiger partial charge on any atom is -0.481 e. The summed E-state index contributed by atoms with van der Waals surface area (Å²) in [6.07, 6.45) is 0.471. The van der Waals surface area contributed by atoms with Crippen molar-refractivity contribution in [2.24, 2.45) is 5.92 Å². The maximum Gasteiger partial charge on any atom is 0.321 e. The number of aliphatic carboxylic acids is 1. The molecular weight excluding hydrogens is 346 g/mol. The monoisotopic (exact) mass is 365 g/mol. The highest BCUT2D eigenvalue weighted by Gasteiger charge is 2.30. The van der Waals surface area contributed by atoms with Gasteiger partial charge in [-0.1, -0.05) is 0 Å². The molecule has 0 radical (unpaired) electrons. The van der Waals surface area contributed by atoms with E-state index in [1.54, 1.807) is 42.5 Å². The van der Waals surface area contributed by atoms with Crippen LogP contribution in [-0.4, -0.2) is 35.1 Å². The molecule has 2 aromatic carbocycles. The molecule has 0 bridgehead atoms. The van der Waals surface area contributed by atoms with Gasteiger partial charge in [-0.15, -0.1) is 0 Å². The van der Waals surface area contributed by atoms with Crippen LogP contribution in [0.25, 0.3) is 0 Å². The molecule has 1 aliphatic rings. The van der Waals surface area contributed by atoms with Gasteiger partial charge in [-0.25, -0.2) is 4.79 Å². The van der Waals surface area contributed by atoms with Gasteiger partial charge in [0.1, 0.15) is 11.5 Å². The summed E-state index contributed by atoms with van der Waals surface area (Å²) in [6, 6.07) is 13.8. The molecule has 0 aromatic heterocycles. The van der Waals surface area contributed by atoms with Gasteiger partial charge >= 0.3 is 12.0 Å². The number of amides is 2. The zero-order chi connectivity index (χ0) is 19.4. The summed E-state index contributed by atoms with van der Waals surface area (Å²) >= 11 is 0. The number of rotatable bonds is 4. The Labute approximate surface area is 156 Å². The number of benzene rings is 2. The second kappa shape index (κ2) is 7.79. The van der Waals surface area contributed by atoms with Gasteiger partial charge in [-0.2, -0.15) is 5.26 Å². The number of nitrogens with one attached hydrogen (secondary N) is 1. The highest BCUT2D eigenvalue weighted by molar-refractivity contribution is 5.91. The van der Waals surface area contributed by atoms with Crippen molar-refractivity contribution in [3.63, 3.8) is 0 Å². The molecule has 1 aliphatic heterocycles. The van der Waals surface area contributed by atoms with Crippen molar-refractivity contribution in [1.29, 1.82) is 5.26 Å². The molecule has 1 unspecified atom stereocenters. The topological polar surface area (TPSA) is 103 Å². The zero-order valence-electron chi connectivity index (χ0n) is 14.8. The van der Waals surface area contributed by atoms with E-state index in [2.05, 4.69) is 11.4 Å². The molecule has 138 valence electrons. The Kier molecular flexibility index (Phi) is 5.27. The molecule has 1 fully saturated rings.